The van der Waals surface area contributed by atoms with Gasteiger partial charge in [-0.25, -0.2) is 4.98 Å². The lowest BCUT2D eigenvalue weighted by molar-refractivity contribution is -0.137. The minimum atomic E-state index is -4.49. The lowest BCUT2D eigenvalue weighted by Gasteiger charge is -2.19. The van der Waals surface area contributed by atoms with Gasteiger partial charge in [0.1, 0.15) is 11.4 Å². The van der Waals surface area contributed by atoms with Crippen molar-refractivity contribution in [3.8, 4) is 0 Å². The Morgan fingerprint density at radius 1 is 1.19 bits per heavy atom. The van der Waals surface area contributed by atoms with Crippen LogP contribution < -0.4 is 10.6 Å². The Morgan fingerprint density at radius 2 is 1.92 bits per heavy atom. The van der Waals surface area contributed by atoms with Gasteiger partial charge in [0.05, 0.1) is 0 Å². The maximum Gasteiger partial charge on any atom is 0.421 e. The van der Waals surface area contributed by atoms with Gasteiger partial charge in [0.2, 0.25) is 5.95 Å². The SMILES string of the molecule is CCN1C2CCC1c1cc(Nc3ncc(C(F)(F)F)c(NC)n3)ccc12. The summed E-state index contributed by atoms with van der Waals surface area (Å²) in [7, 11) is 1.41. The van der Waals surface area contributed by atoms with Crippen LogP contribution in [0.1, 0.15) is 48.5 Å². The Balaban J connectivity index is 1.61. The number of aromatic nitrogens is 2. The van der Waals surface area contributed by atoms with Crippen LogP contribution in [0.3, 0.4) is 0 Å². The Morgan fingerprint density at radius 3 is 2.58 bits per heavy atom. The highest BCUT2D eigenvalue weighted by atomic mass is 19.4. The predicted octanol–water partition coefficient (Wildman–Crippen LogP) is 4.49. The lowest BCUT2D eigenvalue weighted by atomic mass is 9.91. The van der Waals surface area contributed by atoms with Crippen molar-refractivity contribution in [1.82, 2.24) is 14.9 Å². The molecule has 2 aromatic rings. The lowest BCUT2D eigenvalue weighted by Crippen LogP contribution is -2.18. The van der Waals surface area contributed by atoms with Gasteiger partial charge < -0.3 is 10.6 Å². The summed E-state index contributed by atoms with van der Waals surface area (Å²) in [6, 6.07) is 7.04. The molecule has 3 heterocycles. The van der Waals surface area contributed by atoms with E-state index in [0.717, 1.165) is 24.8 Å². The second kappa shape index (κ2) is 6.12. The second-order valence-corrected chi connectivity index (χ2v) is 6.61. The highest BCUT2D eigenvalue weighted by Gasteiger charge is 2.42. The minimum Gasteiger partial charge on any atom is -0.372 e. The number of halogens is 3. The summed E-state index contributed by atoms with van der Waals surface area (Å²) in [6.45, 7) is 3.19. The van der Waals surface area contributed by atoms with Crippen molar-refractivity contribution in [3.63, 3.8) is 0 Å². The van der Waals surface area contributed by atoms with Crippen molar-refractivity contribution in [2.45, 2.75) is 38.0 Å². The van der Waals surface area contributed by atoms with Gasteiger partial charge >= 0.3 is 6.18 Å². The molecule has 4 rings (SSSR count). The van der Waals surface area contributed by atoms with E-state index in [-0.39, 0.29) is 11.8 Å². The van der Waals surface area contributed by atoms with E-state index in [1.807, 2.05) is 6.07 Å². The molecule has 26 heavy (non-hydrogen) atoms. The summed E-state index contributed by atoms with van der Waals surface area (Å²) in [5.74, 6) is -0.106. The number of nitrogens with one attached hydrogen (secondary N) is 2. The molecule has 1 aromatic carbocycles. The van der Waals surface area contributed by atoms with Gasteiger partial charge in [-0.3, -0.25) is 4.90 Å². The van der Waals surface area contributed by atoms with E-state index >= 15 is 0 Å². The monoisotopic (exact) mass is 363 g/mol. The van der Waals surface area contributed by atoms with Crippen LogP contribution in [0.15, 0.2) is 24.4 Å². The van der Waals surface area contributed by atoms with Gasteiger partial charge in [-0.15, -0.1) is 0 Å². The topological polar surface area (TPSA) is 53.1 Å². The molecule has 8 heteroatoms. The number of hydrogen-bond donors (Lipinski definition) is 2. The molecule has 0 radical (unpaired) electrons. The highest BCUT2D eigenvalue weighted by molar-refractivity contribution is 5.60. The van der Waals surface area contributed by atoms with E-state index < -0.39 is 11.7 Å². The van der Waals surface area contributed by atoms with Gasteiger partial charge in [-0.2, -0.15) is 18.2 Å². The maximum absolute atomic E-state index is 13.0. The molecule has 138 valence electrons. The van der Waals surface area contributed by atoms with Crippen LogP contribution in [-0.4, -0.2) is 28.5 Å². The van der Waals surface area contributed by atoms with Crippen LogP contribution in [-0.2, 0) is 6.18 Å². The number of anilines is 3. The molecule has 0 spiro atoms. The third-order valence-electron chi connectivity index (χ3n) is 5.27. The molecule has 1 aromatic heterocycles. The zero-order chi connectivity index (χ0) is 18.5. The summed E-state index contributed by atoms with van der Waals surface area (Å²) in [5, 5.41) is 5.52. The molecule has 2 atom stereocenters. The zero-order valence-corrected chi connectivity index (χ0v) is 14.6. The van der Waals surface area contributed by atoms with Gasteiger partial charge in [-0.1, -0.05) is 13.0 Å². The third-order valence-corrected chi connectivity index (χ3v) is 5.27. The Kier molecular flexibility index (Phi) is 4.02. The first-order valence-electron chi connectivity index (χ1n) is 8.71. The first kappa shape index (κ1) is 17.1. The molecule has 1 fully saturated rings. The van der Waals surface area contributed by atoms with Crippen molar-refractivity contribution in [1.29, 1.82) is 0 Å². The minimum absolute atomic E-state index is 0.137. The highest BCUT2D eigenvalue weighted by Crippen LogP contribution is 2.53. The molecule has 2 bridgehead atoms. The first-order valence-corrected chi connectivity index (χ1v) is 8.71. The van der Waals surface area contributed by atoms with Crippen LogP contribution in [0.4, 0.5) is 30.6 Å². The van der Waals surface area contributed by atoms with Crippen LogP contribution >= 0.6 is 0 Å². The summed E-state index contributed by atoms with van der Waals surface area (Å²) < 4.78 is 38.9. The molecular weight excluding hydrogens is 343 g/mol. The quantitative estimate of drug-likeness (QED) is 0.838. The summed E-state index contributed by atoms with van der Waals surface area (Å²) in [4.78, 5) is 10.3. The van der Waals surface area contributed by atoms with E-state index in [9.17, 15) is 13.2 Å². The zero-order valence-electron chi connectivity index (χ0n) is 14.6. The Bertz CT molecular complexity index is 836. The first-order chi connectivity index (χ1) is 12.4. The van der Waals surface area contributed by atoms with E-state index in [0.29, 0.717) is 12.1 Å². The molecule has 0 saturated carbocycles. The Hall–Kier alpha value is -2.35. The number of fused-ring (bicyclic) bond motifs is 5. The number of rotatable bonds is 4. The number of alkyl halides is 3. The van der Waals surface area contributed by atoms with E-state index in [2.05, 4.69) is 44.6 Å². The average molecular weight is 363 g/mol. The predicted molar refractivity (Wildman–Crippen MR) is 93.4 cm³/mol. The average Bonchev–Trinajstić information content (AvgIpc) is 3.16. The van der Waals surface area contributed by atoms with Crippen LogP contribution in [0.5, 0.6) is 0 Å². The largest absolute Gasteiger partial charge is 0.421 e. The Labute approximate surface area is 149 Å². The van der Waals surface area contributed by atoms with Crippen molar-refractivity contribution in [3.05, 3.63) is 41.1 Å². The van der Waals surface area contributed by atoms with E-state index in [4.69, 9.17) is 0 Å². The van der Waals surface area contributed by atoms with E-state index in [1.165, 1.54) is 24.6 Å². The fourth-order valence-corrected chi connectivity index (χ4v) is 4.19. The second-order valence-electron chi connectivity index (χ2n) is 6.61. The molecule has 2 N–H and O–H groups in total. The maximum atomic E-state index is 13.0. The fourth-order valence-electron chi connectivity index (χ4n) is 4.19. The molecule has 0 aliphatic carbocycles. The van der Waals surface area contributed by atoms with Crippen LogP contribution in [0, 0.1) is 0 Å². The summed E-state index contributed by atoms with van der Waals surface area (Å²) in [5.41, 5.74) is 2.57. The molecule has 1 saturated heterocycles. The fraction of sp³-hybridized carbons (Fsp3) is 0.444. The van der Waals surface area contributed by atoms with Crippen molar-refractivity contribution in [2.75, 3.05) is 24.2 Å². The number of nitrogens with zero attached hydrogens (tertiary/aromatic N) is 3. The van der Waals surface area contributed by atoms with Crippen LogP contribution in [0.2, 0.25) is 0 Å². The molecular formula is C18H20F3N5. The molecule has 2 aliphatic rings. The normalized spacial score (nSPS) is 21.7. The number of benzene rings is 1. The molecule has 0 amide bonds. The van der Waals surface area contributed by atoms with Crippen LogP contribution in [0.25, 0.3) is 0 Å². The standard InChI is InChI=1S/C18H20F3N5/c1-3-26-14-6-7-15(26)12-8-10(4-5-11(12)14)24-17-23-9-13(18(19,20)21)16(22-2)25-17/h4-5,8-9,14-15H,3,6-7H2,1-2H3,(H2,22,23,24,25). The molecule has 2 unspecified atom stereocenters. The summed E-state index contributed by atoms with van der Waals surface area (Å²) >= 11 is 0. The van der Waals surface area contributed by atoms with Gasteiger partial charge in [-0.05, 0) is 42.6 Å². The number of hydrogen-bond acceptors (Lipinski definition) is 5. The van der Waals surface area contributed by atoms with Crippen molar-refractivity contribution < 1.29 is 13.2 Å². The van der Waals surface area contributed by atoms with Gasteiger partial charge in [0, 0.05) is 31.0 Å². The third kappa shape index (κ3) is 2.68. The summed E-state index contributed by atoms with van der Waals surface area (Å²) in [6.07, 6.45) is -1.36. The molecule has 5 nitrogen and oxygen atoms in total. The van der Waals surface area contributed by atoms with Crippen molar-refractivity contribution >= 4 is 17.5 Å². The van der Waals surface area contributed by atoms with Gasteiger partial charge in [0.25, 0.3) is 0 Å². The molecule has 2 aliphatic heterocycles. The van der Waals surface area contributed by atoms with E-state index in [1.54, 1.807) is 0 Å². The van der Waals surface area contributed by atoms with Crippen molar-refractivity contribution in [2.24, 2.45) is 0 Å². The smallest absolute Gasteiger partial charge is 0.372 e. The van der Waals surface area contributed by atoms with Gasteiger partial charge in [0.15, 0.2) is 0 Å².